The molecule has 1 aromatic heterocycles. The van der Waals surface area contributed by atoms with Crippen LogP contribution in [0.3, 0.4) is 0 Å². The standard InChI is InChI=1S/C21H23FN4O2/c1-14(17-11-7-8-12-18(17)22)23-13-19(27)24-20-15(2)25(3)26(21(20)28)16-9-5-4-6-10-16/h4-12,14,23H,13H2,1-3H3,(H,24,27). The zero-order valence-electron chi connectivity index (χ0n) is 16.1. The van der Waals surface area contributed by atoms with Crippen LogP contribution in [0.4, 0.5) is 10.1 Å². The van der Waals surface area contributed by atoms with Crippen molar-refractivity contribution in [2.24, 2.45) is 7.05 Å². The van der Waals surface area contributed by atoms with Gasteiger partial charge in [0.15, 0.2) is 0 Å². The lowest BCUT2D eigenvalue weighted by Gasteiger charge is -2.14. The van der Waals surface area contributed by atoms with Gasteiger partial charge in [-0.05, 0) is 32.0 Å². The average Bonchev–Trinajstić information content (AvgIpc) is 2.90. The fraction of sp³-hybridized carbons (Fsp3) is 0.238. The first-order valence-electron chi connectivity index (χ1n) is 9.02. The van der Waals surface area contributed by atoms with Crippen LogP contribution in [0.2, 0.25) is 0 Å². The van der Waals surface area contributed by atoms with Gasteiger partial charge in [-0.3, -0.25) is 14.3 Å². The zero-order chi connectivity index (χ0) is 20.3. The van der Waals surface area contributed by atoms with E-state index in [4.69, 9.17) is 0 Å². The van der Waals surface area contributed by atoms with Crippen molar-refractivity contribution in [2.45, 2.75) is 19.9 Å². The molecule has 3 aromatic rings. The number of aromatic nitrogens is 2. The summed E-state index contributed by atoms with van der Waals surface area (Å²) in [5.41, 5.74) is 1.77. The number of anilines is 1. The van der Waals surface area contributed by atoms with Crippen LogP contribution in [0, 0.1) is 12.7 Å². The van der Waals surface area contributed by atoms with Crippen molar-refractivity contribution in [3.63, 3.8) is 0 Å². The molecule has 1 heterocycles. The largest absolute Gasteiger partial charge is 0.319 e. The molecule has 2 aromatic carbocycles. The third-order valence-corrected chi connectivity index (χ3v) is 4.76. The number of para-hydroxylation sites is 1. The van der Waals surface area contributed by atoms with Crippen LogP contribution in [0.25, 0.3) is 5.69 Å². The van der Waals surface area contributed by atoms with Gasteiger partial charge in [0.25, 0.3) is 5.56 Å². The highest BCUT2D eigenvalue weighted by molar-refractivity contribution is 5.92. The lowest BCUT2D eigenvalue weighted by atomic mass is 10.1. The summed E-state index contributed by atoms with van der Waals surface area (Å²) in [4.78, 5) is 25.2. The van der Waals surface area contributed by atoms with E-state index >= 15 is 0 Å². The number of benzene rings is 2. The number of nitrogens with one attached hydrogen (secondary N) is 2. The molecular formula is C21H23FN4O2. The Bertz CT molecular complexity index is 1040. The quantitative estimate of drug-likeness (QED) is 0.689. The van der Waals surface area contributed by atoms with Crippen LogP contribution in [0.15, 0.2) is 59.4 Å². The molecule has 1 unspecified atom stereocenters. The van der Waals surface area contributed by atoms with Crippen molar-refractivity contribution < 1.29 is 9.18 Å². The van der Waals surface area contributed by atoms with Crippen molar-refractivity contribution in [1.29, 1.82) is 0 Å². The molecule has 146 valence electrons. The van der Waals surface area contributed by atoms with Gasteiger partial charge in [-0.1, -0.05) is 36.4 Å². The molecular weight excluding hydrogens is 359 g/mol. The van der Waals surface area contributed by atoms with Gasteiger partial charge in [0.1, 0.15) is 11.5 Å². The Morgan fingerprint density at radius 2 is 1.75 bits per heavy atom. The molecule has 0 aliphatic carbocycles. The minimum Gasteiger partial charge on any atom is -0.319 e. The van der Waals surface area contributed by atoms with E-state index in [1.165, 1.54) is 10.7 Å². The monoisotopic (exact) mass is 382 g/mol. The predicted octanol–water partition coefficient (Wildman–Crippen LogP) is 2.91. The summed E-state index contributed by atoms with van der Waals surface area (Å²) in [7, 11) is 1.76. The highest BCUT2D eigenvalue weighted by Gasteiger charge is 2.18. The third kappa shape index (κ3) is 3.89. The van der Waals surface area contributed by atoms with E-state index in [9.17, 15) is 14.0 Å². The van der Waals surface area contributed by atoms with E-state index in [0.717, 1.165) is 0 Å². The van der Waals surface area contributed by atoms with Crippen LogP contribution < -0.4 is 16.2 Å². The van der Waals surface area contributed by atoms with E-state index in [1.807, 2.05) is 30.3 Å². The molecule has 7 heteroatoms. The molecule has 1 atom stereocenters. The maximum atomic E-state index is 13.8. The first-order chi connectivity index (χ1) is 13.4. The van der Waals surface area contributed by atoms with E-state index < -0.39 is 0 Å². The Labute approximate surface area is 162 Å². The molecule has 2 N–H and O–H groups in total. The highest BCUT2D eigenvalue weighted by Crippen LogP contribution is 2.16. The van der Waals surface area contributed by atoms with E-state index in [-0.39, 0.29) is 35.6 Å². The summed E-state index contributed by atoms with van der Waals surface area (Å²) < 4.78 is 17.0. The number of hydrogen-bond acceptors (Lipinski definition) is 3. The topological polar surface area (TPSA) is 68.1 Å². The maximum Gasteiger partial charge on any atom is 0.295 e. The van der Waals surface area contributed by atoms with Crippen LogP contribution in [-0.4, -0.2) is 21.8 Å². The molecule has 0 aliphatic rings. The smallest absolute Gasteiger partial charge is 0.295 e. The first-order valence-corrected chi connectivity index (χ1v) is 9.02. The van der Waals surface area contributed by atoms with Crippen LogP contribution in [-0.2, 0) is 11.8 Å². The first kappa shape index (κ1) is 19.6. The SMILES string of the molecule is Cc1c(NC(=O)CNC(C)c2ccccc2F)c(=O)n(-c2ccccc2)n1C. The van der Waals surface area contributed by atoms with Gasteiger partial charge >= 0.3 is 0 Å². The molecule has 6 nitrogen and oxygen atoms in total. The van der Waals surface area contributed by atoms with Gasteiger partial charge in [-0.25, -0.2) is 9.07 Å². The molecule has 0 aliphatic heterocycles. The molecule has 0 saturated carbocycles. The van der Waals surface area contributed by atoms with Crippen molar-refractivity contribution in [3.05, 3.63) is 82.0 Å². The molecule has 0 spiro atoms. The molecule has 0 radical (unpaired) electrons. The summed E-state index contributed by atoms with van der Waals surface area (Å²) in [6, 6.07) is 15.3. The number of nitrogens with zero attached hydrogens (tertiary/aromatic N) is 2. The van der Waals surface area contributed by atoms with Gasteiger partial charge in [0.05, 0.1) is 17.9 Å². The van der Waals surface area contributed by atoms with E-state index in [1.54, 1.807) is 43.8 Å². The van der Waals surface area contributed by atoms with Gasteiger partial charge in [0.2, 0.25) is 5.91 Å². The lowest BCUT2D eigenvalue weighted by Crippen LogP contribution is -2.32. The average molecular weight is 382 g/mol. The Morgan fingerprint density at radius 1 is 1.11 bits per heavy atom. The molecule has 0 saturated heterocycles. The summed E-state index contributed by atoms with van der Waals surface area (Å²) in [5.74, 6) is -0.693. The van der Waals surface area contributed by atoms with Crippen molar-refractivity contribution in [1.82, 2.24) is 14.7 Å². The van der Waals surface area contributed by atoms with Crippen molar-refractivity contribution in [2.75, 3.05) is 11.9 Å². The van der Waals surface area contributed by atoms with Crippen LogP contribution >= 0.6 is 0 Å². The second-order valence-corrected chi connectivity index (χ2v) is 6.61. The van der Waals surface area contributed by atoms with Gasteiger partial charge in [-0.15, -0.1) is 0 Å². The summed E-state index contributed by atoms with van der Waals surface area (Å²) in [6.07, 6.45) is 0. The summed E-state index contributed by atoms with van der Waals surface area (Å²) in [5, 5.41) is 5.67. The summed E-state index contributed by atoms with van der Waals surface area (Å²) >= 11 is 0. The summed E-state index contributed by atoms with van der Waals surface area (Å²) in [6.45, 7) is 3.50. The van der Waals surface area contributed by atoms with E-state index in [2.05, 4.69) is 10.6 Å². The van der Waals surface area contributed by atoms with Crippen molar-refractivity contribution >= 4 is 11.6 Å². The second-order valence-electron chi connectivity index (χ2n) is 6.61. The number of halogens is 1. The fourth-order valence-corrected chi connectivity index (χ4v) is 3.08. The lowest BCUT2D eigenvalue weighted by molar-refractivity contribution is -0.115. The van der Waals surface area contributed by atoms with Crippen LogP contribution in [0.1, 0.15) is 24.2 Å². The third-order valence-electron chi connectivity index (χ3n) is 4.76. The normalized spacial score (nSPS) is 12.0. The van der Waals surface area contributed by atoms with Crippen LogP contribution in [0.5, 0.6) is 0 Å². The molecule has 0 bridgehead atoms. The predicted molar refractivity (Wildman–Crippen MR) is 107 cm³/mol. The maximum absolute atomic E-state index is 13.8. The number of hydrogen-bond donors (Lipinski definition) is 2. The number of amides is 1. The minimum absolute atomic E-state index is 0.0470. The molecule has 28 heavy (non-hydrogen) atoms. The minimum atomic E-state index is -0.366. The molecule has 3 rings (SSSR count). The zero-order valence-corrected chi connectivity index (χ0v) is 16.1. The Balaban J connectivity index is 1.73. The number of carbonyl (C=O) groups excluding carboxylic acids is 1. The van der Waals surface area contributed by atoms with Crippen molar-refractivity contribution in [3.8, 4) is 5.69 Å². The highest BCUT2D eigenvalue weighted by atomic mass is 19.1. The Hall–Kier alpha value is -3.19. The van der Waals surface area contributed by atoms with Gasteiger partial charge < -0.3 is 10.6 Å². The molecule has 1 amide bonds. The van der Waals surface area contributed by atoms with Gasteiger partial charge in [0, 0.05) is 18.7 Å². The fourth-order valence-electron chi connectivity index (χ4n) is 3.08. The number of carbonyl (C=O) groups is 1. The second kappa shape index (κ2) is 8.22. The Morgan fingerprint density at radius 3 is 2.43 bits per heavy atom. The Kier molecular flexibility index (Phi) is 5.75. The van der Waals surface area contributed by atoms with E-state index in [0.29, 0.717) is 16.9 Å². The number of rotatable bonds is 6. The van der Waals surface area contributed by atoms with Gasteiger partial charge in [-0.2, -0.15) is 0 Å². The molecule has 0 fully saturated rings.